The predicted octanol–water partition coefficient (Wildman–Crippen LogP) is 4.87. The number of halogens is 3. The van der Waals surface area contributed by atoms with Crippen molar-refractivity contribution in [2.45, 2.75) is 5.88 Å². The van der Waals surface area contributed by atoms with Crippen molar-refractivity contribution in [3.63, 3.8) is 0 Å². The maximum Gasteiger partial charge on any atom is 0.195 e. The summed E-state index contributed by atoms with van der Waals surface area (Å²) in [4.78, 5) is 12.6. The molecular formula is C15H11ClI2O2. The van der Waals surface area contributed by atoms with Crippen LogP contribution in [0.2, 0.25) is 0 Å². The molecule has 2 nitrogen and oxygen atoms in total. The second-order valence-corrected chi connectivity index (χ2v) is 6.72. The van der Waals surface area contributed by atoms with Crippen molar-refractivity contribution in [2.24, 2.45) is 0 Å². The van der Waals surface area contributed by atoms with Crippen LogP contribution in [0.4, 0.5) is 0 Å². The van der Waals surface area contributed by atoms with E-state index in [4.69, 9.17) is 16.3 Å². The Bertz CT molecular complexity index is 616. The van der Waals surface area contributed by atoms with Gasteiger partial charge in [0.2, 0.25) is 0 Å². The van der Waals surface area contributed by atoms with Crippen LogP contribution in [-0.2, 0) is 5.88 Å². The number of hydrogen-bond acceptors (Lipinski definition) is 2. The summed E-state index contributed by atoms with van der Waals surface area (Å²) < 4.78 is 6.95. The number of benzene rings is 2. The minimum absolute atomic E-state index is 0.0163. The topological polar surface area (TPSA) is 26.3 Å². The number of carbonyl (C=O) groups is 1. The second kappa shape index (κ2) is 7.09. The zero-order chi connectivity index (χ0) is 14.7. The third-order valence-corrected chi connectivity index (χ3v) is 4.85. The van der Waals surface area contributed by atoms with Gasteiger partial charge >= 0.3 is 0 Å². The molecule has 0 N–H and O–H groups in total. The molecule has 0 bridgehead atoms. The predicted molar refractivity (Wildman–Crippen MR) is 97.9 cm³/mol. The summed E-state index contributed by atoms with van der Waals surface area (Å²) in [5.74, 6) is 1.20. The van der Waals surface area contributed by atoms with E-state index >= 15 is 0 Å². The summed E-state index contributed by atoms with van der Waals surface area (Å²) in [6.45, 7) is 0. The molecule has 0 aliphatic carbocycles. The minimum Gasteiger partial charge on any atom is -0.497 e. The van der Waals surface area contributed by atoms with Crippen LogP contribution in [0.1, 0.15) is 21.5 Å². The molecule has 0 aromatic heterocycles. The van der Waals surface area contributed by atoms with Crippen molar-refractivity contribution in [1.29, 1.82) is 0 Å². The lowest BCUT2D eigenvalue weighted by atomic mass is 10.0. The smallest absolute Gasteiger partial charge is 0.195 e. The minimum atomic E-state index is 0.0163. The molecule has 0 aliphatic heterocycles. The number of rotatable bonds is 4. The Labute approximate surface area is 150 Å². The number of ether oxygens (including phenoxy) is 1. The zero-order valence-electron chi connectivity index (χ0n) is 10.6. The summed E-state index contributed by atoms with van der Waals surface area (Å²) in [5.41, 5.74) is 2.40. The molecule has 2 aromatic rings. The van der Waals surface area contributed by atoms with Gasteiger partial charge in [0.15, 0.2) is 5.78 Å². The first-order valence-corrected chi connectivity index (χ1v) is 8.48. The fourth-order valence-electron chi connectivity index (χ4n) is 1.81. The van der Waals surface area contributed by atoms with Crippen LogP contribution in [0, 0.1) is 7.14 Å². The van der Waals surface area contributed by atoms with Crippen molar-refractivity contribution < 1.29 is 9.53 Å². The lowest BCUT2D eigenvalue weighted by Crippen LogP contribution is -2.07. The molecule has 20 heavy (non-hydrogen) atoms. The molecule has 0 radical (unpaired) electrons. The quantitative estimate of drug-likeness (QED) is 0.332. The Morgan fingerprint density at radius 3 is 2.15 bits per heavy atom. The van der Waals surface area contributed by atoms with Gasteiger partial charge in [-0.05, 0) is 87.1 Å². The Morgan fingerprint density at radius 2 is 1.70 bits per heavy atom. The third kappa shape index (κ3) is 3.46. The van der Waals surface area contributed by atoms with Crippen LogP contribution in [0.3, 0.4) is 0 Å². The zero-order valence-corrected chi connectivity index (χ0v) is 15.7. The molecule has 0 atom stereocenters. The molecule has 0 heterocycles. The van der Waals surface area contributed by atoms with Crippen molar-refractivity contribution in [3.8, 4) is 5.75 Å². The van der Waals surface area contributed by atoms with Crippen molar-refractivity contribution >= 4 is 62.6 Å². The highest BCUT2D eigenvalue weighted by molar-refractivity contribution is 14.1. The maximum atomic E-state index is 12.6. The normalized spacial score (nSPS) is 10.4. The fraction of sp³-hybridized carbons (Fsp3) is 0.133. The lowest BCUT2D eigenvalue weighted by Gasteiger charge is -2.09. The number of hydrogen-bond donors (Lipinski definition) is 0. The Morgan fingerprint density at radius 1 is 1.15 bits per heavy atom. The molecule has 0 fully saturated rings. The van der Waals surface area contributed by atoms with Crippen molar-refractivity contribution in [2.75, 3.05) is 7.11 Å². The van der Waals surface area contributed by atoms with Gasteiger partial charge in [0.25, 0.3) is 0 Å². The van der Waals surface area contributed by atoms with E-state index in [-0.39, 0.29) is 5.78 Å². The standard InChI is InChI=1S/C15H11ClI2O2/c1-20-11-4-2-10(3-5-11)15(19)14-12(17)6-9(8-16)7-13(14)18/h2-7H,8H2,1H3. The van der Waals surface area contributed by atoms with Crippen LogP contribution < -0.4 is 4.74 Å². The molecule has 2 rings (SSSR count). The van der Waals surface area contributed by atoms with Gasteiger partial charge in [-0.2, -0.15) is 0 Å². The van der Waals surface area contributed by atoms with E-state index in [9.17, 15) is 4.79 Å². The number of carbonyl (C=O) groups excluding carboxylic acids is 1. The highest BCUT2D eigenvalue weighted by atomic mass is 127. The average Bonchev–Trinajstić information content (AvgIpc) is 2.46. The van der Waals surface area contributed by atoms with Crippen molar-refractivity contribution in [3.05, 3.63) is 60.2 Å². The highest BCUT2D eigenvalue weighted by Crippen LogP contribution is 2.25. The first kappa shape index (κ1) is 16.0. The van der Waals surface area contributed by atoms with Crippen molar-refractivity contribution in [1.82, 2.24) is 0 Å². The van der Waals surface area contributed by atoms with Crippen LogP contribution in [0.5, 0.6) is 5.75 Å². The average molecular weight is 513 g/mol. The molecule has 0 aliphatic rings. The van der Waals surface area contributed by atoms with Crippen LogP contribution in [-0.4, -0.2) is 12.9 Å². The summed E-state index contributed by atoms with van der Waals surface area (Å²) in [7, 11) is 1.60. The van der Waals surface area contributed by atoms with Gasteiger partial charge in [0.1, 0.15) is 5.75 Å². The lowest BCUT2D eigenvalue weighted by molar-refractivity contribution is 0.103. The van der Waals surface area contributed by atoms with E-state index in [2.05, 4.69) is 45.2 Å². The molecular weight excluding hydrogens is 501 g/mol. The number of ketones is 1. The summed E-state index contributed by atoms with van der Waals surface area (Å²) in [6.07, 6.45) is 0. The van der Waals surface area contributed by atoms with Gasteiger partial charge in [0.05, 0.1) is 7.11 Å². The molecule has 5 heteroatoms. The van der Waals surface area contributed by atoms with E-state index in [1.165, 1.54) is 0 Å². The van der Waals surface area contributed by atoms with Gasteiger partial charge < -0.3 is 4.74 Å². The van der Waals surface area contributed by atoms with E-state index < -0.39 is 0 Å². The first-order chi connectivity index (χ1) is 9.56. The molecule has 0 spiro atoms. The highest BCUT2D eigenvalue weighted by Gasteiger charge is 2.17. The number of methoxy groups -OCH3 is 1. The monoisotopic (exact) mass is 512 g/mol. The van der Waals surface area contributed by atoms with Crippen LogP contribution >= 0.6 is 56.8 Å². The van der Waals surface area contributed by atoms with E-state index in [0.29, 0.717) is 11.4 Å². The molecule has 0 saturated carbocycles. The van der Waals surface area contributed by atoms with Gasteiger partial charge in [-0.1, -0.05) is 0 Å². The Kier molecular flexibility index (Phi) is 5.68. The van der Waals surface area contributed by atoms with Crippen LogP contribution in [0.25, 0.3) is 0 Å². The summed E-state index contributed by atoms with van der Waals surface area (Å²) >= 11 is 10.2. The van der Waals surface area contributed by atoms with Gasteiger partial charge in [-0.3, -0.25) is 4.79 Å². The van der Waals surface area contributed by atoms with Gasteiger partial charge in [-0.15, -0.1) is 11.6 Å². The summed E-state index contributed by atoms with van der Waals surface area (Å²) in [6, 6.07) is 11.0. The molecule has 0 amide bonds. The first-order valence-electron chi connectivity index (χ1n) is 5.79. The SMILES string of the molecule is COc1ccc(C(=O)c2c(I)cc(CCl)cc2I)cc1. The maximum absolute atomic E-state index is 12.6. The van der Waals surface area contributed by atoms with Crippen LogP contribution in [0.15, 0.2) is 36.4 Å². The Balaban J connectivity index is 2.42. The molecule has 2 aromatic carbocycles. The number of alkyl halides is 1. The van der Waals surface area contributed by atoms with E-state index in [0.717, 1.165) is 24.0 Å². The van der Waals surface area contributed by atoms with Gasteiger partial charge in [-0.25, -0.2) is 0 Å². The molecule has 0 saturated heterocycles. The fourth-order valence-corrected chi connectivity index (χ4v) is 4.35. The van der Waals surface area contributed by atoms with E-state index in [1.54, 1.807) is 31.4 Å². The summed E-state index contributed by atoms with van der Waals surface area (Å²) in [5, 5.41) is 0. The van der Waals surface area contributed by atoms with E-state index in [1.807, 2.05) is 12.1 Å². The molecule has 0 unspecified atom stereocenters. The third-order valence-electron chi connectivity index (χ3n) is 2.84. The largest absolute Gasteiger partial charge is 0.497 e. The second-order valence-electron chi connectivity index (χ2n) is 4.13. The Hall–Kier alpha value is -0.340. The molecule has 104 valence electrons. The van der Waals surface area contributed by atoms with Gasteiger partial charge in [0, 0.05) is 24.1 Å².